The standard InChI is InChI=1S/C31H37N2O5S/c1-22(34)38-29-30(24-13-15-25(36-4)16-14-24)39-28-12-7-6-11-27(28)32(31(29)35)18-20-33(2,3)19-17-23-9-8-10-26(21-23)37-5/h6-16,21,29-30H,17-20H2,1-5H3/q+1. The molecule has 0 aliphatic carbocycles. The van der Waals surface area contributed by atoms with E-state index in [0.717, 1.165) is 51.6 Å². The Morgan fingerprint density at radius 1 is 0.923 bits per heavy atom. The van der Waals surface area contributed by atoms with Crippen molar-refractivity contribution in [1.82, 2.24) is 0 Å². The van der Waals surface area contributed by atoms with E-state index in [4.69, 9.17) is 14.2 Å². The molecular formula is C31H37N2O5S+. The highest BCUT2D eigenvalue weighted by Gasteiger charge is 2.41. The highest BCUT2D eigenvalue weighted by Crippen LogP contribution is 2.46. The Morgan fingerprint density at radius 3 is 2.33 bits per heavy atom. The monoisotopic (exact) mass is 549 g/mol. The SMILES string of the molecule is COc1ccc(C2Sc3ccccc3N(CC[N+](C)(C)CCc3cccc(OC)c3)C(=O)C2OC(C)=O)cc1. The Morgan fingerprint density at radius 2 is 1.64 bits per heavy atom. The van der Waals surface area contributed by atoms with E-state index in [0.29, 0.717) is 6.54 Å². The van der Waals surface area contributed by atoms with E-state index < -0.39 is 17.3 Å². The molecule has 4 rings (SSSR count). The number of hydrogen-bond acceptors (Lipinski definition) is 6. The summed E-state index contributed by atoms with van der Waals surface area (Å²) in [5.74, 6) is 0.887. The van der Waals surface area contributed by atoms with Gasteiger partial charge in [0.1, 0.15) is 11.5 Å². The number of likely N-dealkylation sites (N-methyl/N-ethyl adjacent to an activating group) is 1. The number of nitrogens with zero attached hydrogens (tertiary/aromatic N) is 2. The molecule has 3 aromatic rings. The van der Waals surface area contributed by atoms with Crippen molar-refractivity contribution in [2.24, 2.45) is 0 Å². The topological polar surface area (TPSA) is 65.1 Å². The van der Waals surface area contributed by atoms with Crippen LogP contribution in [-0.4, -0.2) is 70.4 Å². The van der Waals surface area contributed by atoms with Crippen LogP contribution in [0.5, 0.6) is 11.5 Å². The lowest BCUT2D eigenvalue weighted by atomic mass is 10.1. The largest absolute Gasteiger partial charge is 0.497 e. The van der Waals surface area contributed by atoms with E-state index in [9.17, 15) is 9.59 Å². The first-order valence-electron chi connectivity index (χ1n) is 13.0. The number of methoxy groups -OCH3 is 2. The molecule has 206 valence electrons. The van der Waals surface area contributed by atoms with Gasteiger partial charge in [-0.05, 0) is 47.5 Å². The zero-order chi connectivity index (χ0) is 28.0. The van der Waals surface area contributed by atoms with E-state index in [1.54, 1.807) is 30.9 Å². The fraction of sp³-hybridized carbons (Fsp3) is 0.355. The maximum atomic E-state index is 14.1. The van der Waals surface area contributed by atoms with Gasteiger partial charge in [-0.1, -0.05) is 36.4 Å². The Kier molecular flexibility index (Phi) is 9.20. The minimum absolute atomic E-state index is 0.212. The van der Waals surface area contributed by atoms with Gasteiger partial charge in [-0.15, -0.1) is 11.8 Å². The molecule has 1 aliphatic heterocycles. The Hall–Kier alpha value is -3.49. The summed E-state index contributed by atoms with van der Waals surface area (Å²) in [5, 5.41) is -0.394. The number of amides is 1. The van der Waals surface area contributed by atoms with Crippen LogP contribution in [0.2, 0.25) is 0 Å². The van der Waals surface area contributed by atoms with Gasteiger partial charge in [0.2, 0.25) is 0 Å². The normalized spacial score (nSPS) is 17.3. The van der Waals surface area contributed by atoms with Crippen LogP contribution in [0.15, 0.2) is 77.7 Å². The number of ether oxygens (including phenoxy) is 3. The maximum absolute atomic E-state index is 14.1. The lowest BCUT2D eigenvalue weighted by Crippen LogP contribution is -2.50. The Labute approximate surface area is 235 Å². The first kappa shape index (κ1) is 28.5. The molecule has 1 aliphatic rings. The van der Waals surface area contributed by atoms with Crippen LogP contribution in [0.3, 0.4) is 0 Å². The van der Waals surface area contributed by atoms with Gasteiger partial charge in [-0.2, -0.15) is 0 Å². The van der Waals surface area contributed by atoms with Gasteiger partial charge in [-0.3, -0.25) is 9.59 Å². The predicted molar refractivity (Wildman–Crippen MR) is 154 cm³/mol. The van der Waals surface area contributed by atoms with Gasteiger partial charge in [-0.25, -0.2) is 0 Å². The van der Waals surface area contributed by atoms with Crippen molar-refractivity contribution in [1.29, 1.82) is 0 Å². The van der Waals surface area contributed by atoms with Crippen molar-refractivity contribution >= 4 is 29.3 Å². The van der Waals surface area contributed by atoms with Gasteiger partial charge in [0.25, 0.3) is 5.91 Å². The molecule has 39 heavy (non-hydrogen) atoms. The molecule has 0 spiro atoms. The van der Waals surface area contributed by atoms with E-state index in [1.165, 1.54) is 12.5 Å². The lowest BCUT2D eigenvalue weighted by Gasteiger charge is -2.34. The number of carbonyl (C=O) groups is 2. The summed E-state index contributed by atoms with van der Waals surface area (Å²) in [6, 6.07) is 23.6. The van der Waals surface area contributed by atoms with Gasteiger partial charge in [0.05, 0.1) is 58.9 Å². The Balaban J connectivity index is 1.58. The third kappa shape index (κ3) is 7.13. The van der Waals surface area contributed by atoms with Crippen LogP contribution in [0.4, 0.5) is 5.69 Å². The summed E-state index contributed by atoms with van der Waals surface area (Å²) >= 11 is 1.55. The van der Waals surface area contributed by atoms with Gasteiger partial charge in [0.15, 0.2) is 6.10 Å². The molecule has 1 amide bonds. The average Bonchev–Trinajstić information content (AvgIpc) is 3.05. The summed E-state index contributed by atoms with van der Waals surface area (Å²) in [6.07, 6.45) is -0.0686. The molecule has 1 heterocycles. The molecule has 2 unspecified atom stereocenters. The van der Waals surface area contributed by atoms with Crippen LogP contribution in [0.25, 0.3) is 0 Å². The number of quaternary nitrogens is 1. The number of esters is 1. The summed E-state index contributed by atoms with van der Waals surface area (Å²) in [4.78, 5) is 29.1. The Bertz CT molecular complexity index is 1290. The predicted octanol–water partition coefficient (Wildman–Crippen LogP) is 5.13. The van der Waals surface area contributed by atoms with Gasteiger partial charge in [0, 0.05) is 18.2 Å². The van der Waals surface area contributed by atoms with Crippen LogP contribution in [-0.2, 0) is 20.7 Å². The first-order chi connectivity index (χ1) is 18.7. The molecule has 0 radical (unpaired) electrons. The number of benzene rings is 3. The maximum Gasteiger partial charge on any atom is 0.303 e. The summed E-state index contributed by atoms with van der Waals surface area (Å²) < 4.78 is 17.1. The number of hydrogen-bond donors (Lipinski definition) is 0. The molecule has 0 aromatic heterocycles. The summed E-state index contributed by atoms with van der Waals surface area (Å²) in [6.45, 7) is 3.47. The molecule has 0 bridgehead atoms. The second kappa shape index (κ2) is 12.6. The second-order valence-corrected chi connectivity index (χ2v) is 11.5. The molecule has 0 saturated carbocycles. The molecule has 0 N–H and O–H groups in total. The van der Waals surface area contributed by atoms with Crippen molar-refractivity contribution in [2.75, 3.05) is 52.8 Å². The van der Waals surface area contributed by atoms with Crippen molar-refractivity contribution in [3.05, 3.63) is 83.9 Å². The molecule has 8 heteroatoms. The molecular weight excluding hydrogens is 512 g/mol. The fourth-order valence-corrected chi connectivity index (χ4v) is 6.00. The zero-order valence-electron chi connectivity index (χ0n) is 23.3. The first-order valence-corrected chi connectivity index (χ1v) is 13.9. The number of para-hydroxylation sites is 1. The number of rotatable bonds is 10. The number of anilines is 1. The van der Waals surface area contributed by atoms with Gasteiger partial charge >= 0.3 is 5.97 Å². The third-order valence-corrected chi connectivity index (χ3v) is 8.37. The van der Waals surface area contributed by atoms with Crippen molar-refractivity contribution in [2.45, 2.75) is 29.6 Å². The summed E-state index contributed by atoms with van der Waals surface area (Å²) in [7, 11) is 7.64. The quantitative estimate of drug-likeness (QED) is 0.258. The van der Waals surface area contributed by atoms with Crippen LogP contribution in [0, 0.1) is 0 Å². The molecule has 0 saturated heterocycles. The highest BCUT2D eigenvalue weighted by molar-refractivity contribution is 7.99. The van der Waals surface area contributed by atoms with E-state index in [-0.39, 0.29) is 5.91 Å². The molecule has 0 fully saturated rings. The number of carbonyl (C=O) groups excluding carboxylic acids is 2. The fourth-order valence-electron chi connectivity index (χ4n) is 4.68. The number of fused-ring (bicyclic) bond motifs is 1. The lowest BCUT2D eigenvalue weighted by molar-refractivity contribution is -0.888. The van der Waals surface area contributed by atoms with E-state index >= 15 is 0 Å². The minimum atomic E-state index is -0.958. The highest BCUT2D eigenvalue weighted by atomic mass is 32.2. The van der Waals surface area contributed by atoms with Crippen molar-refractivity contribution < 1.29 is 28.3 Å². The third-order valence-electron chi connectivity index (χ3n) is 7.00. The van der Waals surface area contributed by atoms with Crippen LogP contribution >= 0.6 is 11.8 Å². The van der Waals surface area contributed by atoms with Gasteiger partial charge < -0.3 is 23.6 Å². The molecule has 2 atom stereocenters. The second-order valence-electron chi connectivity index (χ2n) is 10.3. The zero-order valence-corrected chi connectivity index (χ0v) is 24.1. The number of thioether (sulfide) groups is 1. The van der Waals surface area contributed by atoms with E-state index in [2.05, 4.69) is 26.2 Å². The summed E-state index contributed by atoms with van der Waals surface area (Å²) in [5.41, 5.74) is 2.95. The van der Waals surface area contributed by atoms with Crippen LogP contribution < -0.4 is 14.4 Å². The molecule has 7 nitrogen and oxygen atoms in total. The van der Waals surface area contributed by atoms with Crippen molar-refractivity contribution in [3.8, 4) is 11.5 Å². The molecule has 3 aromatic carbocycles. The minimum Gasteiger partial charge on any atom is -0.497 e. The average molecular weight is 550 g/mol. The van der Waals surface area contributed by atoms with Crippen molar-refractivity contribution in [3.63, 3.8) is 0 Å². The van der Waals surface area contributed by atoms with Crippen LogP contribution in [0.1, 0.15) is 23.3 Å². The van der Waals surface area contributed by atoms with E-state index in [1.807, 2.05) is 60.7 Å². The smallest absolute Gasteiger partial charge is 0.303 e.